The van der Waals surface area contributed by atoms with Gasteiger partial charge in [0.2, 0.25) is 0 Å². The molecule has 1 saturated carbocycles. The monoisotopic (exact) mass is 217 g/mol. The van der Waals surface area contributed by atoms with Crippen molar-refractivity contribution >= 4 is 0 Å². The minimum Gasteiger partial charge on any atom is -0.390 e. The number of hydrogen-bond donors (Lipinski definition) is 2. The molecule has 6 rings (SSSR count). The highest BCUT2D eigenvalue weighted by atomic mass is 16.3. The topological polar surface area (TPSA) is 46.2 Å². The summed E-state index contributed by atoms with van der Waals surface area (Å²) in [5.41, 5.74) is 8.24. The zero-order valence-corrected chi connectivity index (χ0v) is 9.74. The standard InChI is InChI=1S/C14H19NO/c1-10-8-13(16)6-7-14(10,15)12-4-2-11(9-13)3-5-12/h2-5,10,16H,6-9,15H2,1H3. The second kappa shape index (κ2) is 3.08. The summed E-state index contributed by atoms with van der Waals surface area (Å²) in [6, 6.07) is 8.52. The predicted octanol–water partition coefficient (Wildman–Crippen LogP) is 1.95. The Morgan fingerprint density at radius 3 is 2.56 bits per heavy atom. The van der Waals surface area contributed by atoms with Crippen LogP contribution >= 0.6 is 0 Å². The van der Waals surface area contributed by atoms with Crippen molar-refractivity contribution in [1.29, 1.82) is 0 Å². The van der Waals surface area contributed by atoms with Crippen LogP contribution in [0.1, 0.15) is 37.3 Å². The quantitative estimate of drug-likeness (QED) is 0.697. The molecule has 0 amide bonds. The molecule has 0 radical (unpaired) electrons. The SMILES string of the molecule is CC1CC2(O)CCC1(N)c1ccc(cc1)C2. The zero-order chi connectivity index (χ0) is 11.4. The number of hydrogen-bond acceptors (Lipinski definition) is 2. The molecular weight excluding hydrogens is 198 g/mol. The molecule has 2 nitrogen and oxygen atoms in total. The fraction of sp³-hybridized carbons (Fsp3) is 0.571. The maximum Gasteiger partial charge on any atom is 0.0692 e. The summed E-state index contributed by atoms with van der Waals surface area (Å²) in [6.45, 7) is 2.17. The van der Waals surface area contributed by atoms with Crippen LogP contribution in [0.15, 0.2) is 24.3 Å². The Morgan fingerprint density at radius 2 is 1.94 bits per heavy atom. The molecule has 3 atom stereocenters. The van der Waals surface area contributed by atoms with Gasteiger partial charge in [-0.3, -0.25) is 0 Å². The molecule has 1 aromatic rings. The van der Waals surface area contributed by atoms with Gasteiger partial charge in [-0.1, -0.05) is 31.2 Å². The number of nitrogens with two attached hydrogens (primary N) is 1. The summed E-state index contributed by atoms with van der Waals surface area (Å²) < 4.78 is 0. The second-order valence-corrected chi connectivity index (χ2v) is 5.74. The third-order valence-corrected chi connectivity index (χ3v) is 4.59. The Balaban J connectivity index is 2.17. The number of benzene rings is 1. The van der Waals surface area contributed by atoms with Gasteiger partial charge in [-0.15, -0.1) is 0 Å². The molecule has 3 N–H and O–H groups in total. The normalized spacial score (nSPS) is 41.6. The van der Waals surface area contributed by atoms with Crippen molar-refractivity contribution in [2.24, 2.45) is 11.7 Å². The molecule has 16 heavy (non-hydrogen) atoms. The lowest BCUT2D eigenvalue weighted by Crippen LogP contribution is -2.52. The van der Waals surface area contributed by atoms with E-state index in [9.17, 15) is 5.11 Å². The molecule has 1 fully saturated rings. The Kier molecular flexibility index (Phi) is 1.99. The third-order valence-electron chi connectivity index (χ3n) is 4.59. The Labute approximate surface area is 96.5 Å². The average molecular weight is 217 g/mol. The van der Waals surface area contributed by atoms with Gasteiger partial charge in [0.05, 0.1) is 5.60 Å². The van der Waals surface area contributed by atoms with Crippen LogP contribution in [-0.2, 0) is 12.0 Å². The lowest BCUT2D eigenvalue weighted by molar-refractivity contribution is -0.0387. The van der Waals surface area contributed by atoms with E-state index >= 15 is 0 Å². The summed E-state index contributed by atoms with van der Waals surface area (Å²) in [4.78, 5) is 0. The fourth-order valence-electron chi connectivity index (χ4n) is 3.44. The Hall–Kier alpha value is -0.860. The molecule has 0 heterocycles. The van der Waals surface area contributed by atoms with E-state index in [1.165, 1.54) is 11.1 Å². The van der Waals surface area contributed by atoms with E-state index in [-0.39, 0.29) is 5.54 Å². The predicted molar refractivity (Wildman–Crippen MR) is 64.0 cm³/mol. The van der Waals surface area contributed by atoms with Gasteiger partial charge in [-0.25, -0.2) is 0 Å². The van der Waals surface area contributed by atoms with Crippen molar-refractivity contribution in [2.45, 2.75) is 43.7 Å². The summed E-state index contributed by atoms with van der Waals surface area (Å²) in [7, 11) is 0. The highest BCUT2D eigenvalue weighted by molar-refractivity contribution is 5.33. The van der Waals surface area contributed by atoms with Gasteiger partial charge < -0.3 is 10.8 Å². The first-order valence-electron chi connectivity index (χ1n) is 6.13. The lowest BCUT2D eigenvalue weighted by atomic mass is 9.65. The van der Waals surface area contributed by atoms with Crippen LogP contribution in [-0.4, -0.2) is 10.7 Å². The van der Waals surface area contributed by atoms with Gasteiger partial charge in [0, 0.05) is 12.0 Å². The average Bonchev–Trinajstić information content (AvgIpc) is 2.36. The number of aliphatic hydroxyl groups is 1. The molecule has 0 spiro atoms. The van der Waals surface area contributed by atoms with Gasteiger partial charge in [0.1, 0.15) is 0 Å². The van der Waals surface area contributed by atoms with Gasteiger partial charge in [-0.05, 0) is 36.3 Å². The first-order chi connectivity index (χ1) is 7.52. The van der Waals surface area contributed by atoms with Crippen LogP contribution < -0.4 is 5.73 Å². The fourth-order valence-corrected chi connectivity index (χ4v) is 3.44. The molecule has 5 aliphatic carbocycles. The molecule has 0 saturated heterocycles. The van der Waals surface area contributed by atoms with E-state index in [1.807, 2.05) is 0 Å². The molecule has 4 bridgehead atoms. The molecule has 2 heteroatoms. The van der Waals surface area contributed by atoms with Gasteiger partial charge in [-0.2, -0.15) is 0 Å². The van der Waals surface area contributed by atoms with Gasteiger partial charge >= 0.3 is 0 Å². The van der Waals surface area contributed by atoms with E-state index in [2.05, 4.69) is 31.2 Å². The van der Waals surface area contributed by atoms with E-state index in [0.717, 1.165) is 25.7 Å². The van der Waals surface area contributed by atoms with Gasteiger partial charge in [0.25, 0.3) is 0 Å². The van der Waals surface area contributed by atoms with Crippen molar-refractivity contribution in [1.82, 2.24) is 0 Å². The van der Waals surface area contributed by atoms with Crippen LogP contribution in [0.25, 0.3) is 0 Å². The molecule has 1 aromatic carbocycles. The number of rotatable bonds is 0. The van der Waals surface area contributed by atoms with E-state index in [0.29, 0.717) is 5.92 Å². The first kappa shape index (κ1) is 10.3. The van der Waals surface area contributed by atoms with Crippen LogP contribution in [0.3, 0.4) is 0 Å². The smallest absolute Gasteiger partial charge is 0.0692 e. The summed E-state index contributed by atoms with van der Waals surface area (Å²) in [6.07, 6.45) is 3.31. The van der Waals surface area contributed by atoms with Crippen LogP contribution in [0, 0.1) is 5.92 Å². The van der Waals surface area contributed by atoms with Crippen molar-refractivity contribution in [3.8, 4) is 0 Å². The maximum atomic E-state index is 10.6. The molecule has 86 valence electrons. The van der Waals surface area contributed by atoms with Crippen LogP contribution in [0.2, 0.25) is 0 Å². The van der Waals surface area contributed by atoms with Crippen molar-refractivity contribution in [2.75, 3.05) is 0 Å². The van der Waals surface area contributed by atoms with E-state index in [4.69, 9.17) is 5.73 Å². The first-order valence-corrected chi connectivity index (χ1v) is 6.13. The molecule has 0 aromatic heterocycles. The zero-order valence-electron chi connectivity index (χ0n) is 9.74. The summed E-state index contributed by atoms with van der Waals surface area (Å²) >= 11 is 0. The maximum absolute atomic E-state index is 10.6. The highest BCUT2D eigenvalue weighted by Gasteiger charge is 2.46. The highest BCUT2D eigenvalue weighted by Crippen LogP contribution is 2.46. The minimum absolute atomic E-state index is 0.241. The molecule has 3 unspecified atom stereocenters. The minimum atomic E-state index is -0.536. The summed E-state index contributed by atoms with van der Waals surface area (Å²) in [5.74, 6) is 0.341. The molecular formula is C14H19NO. The molecule has 0 aliphatic heterocycles. The van der Waals surface area contributed by atoms with Crippen molar-refractivity contribution < 1.29 is 5.11 Å². The third kappa shape index (κ3) is 1.33. The second-order valence-electron chi connectivity index (χ2n) is 5.74. The molecule has 5 aliphatic rings. The van der Waals surface area contributed by atoms with Crippen molar-refractivity contribution in [3.63, 3.8) is 0 Å². The Morgan fingerprint density at radius 1 is 1.25 bits per heavy atom. The lowest BCUT2D eigenvalue weighted by Gasteiger charge is -2.46. The summed E-state index contributed by atoms with van der Waals surface area (Å²) in [5, 5.41) is 10.6. The van der Waals surface area contributed by atoms with Crippen LogP contribution in [0.4, 0.5) is 0 Å². The Bertz CT molecular complexity index is 413. The van der Waals surface area contributed by atoms with E-state index in [1.54, 1.807) is 0 Å². The van der Waals surface area contributed by atoms with E-state index < -0.39 is 5.60 Å². The van der Waals surface area contributed by atoms with Gasteiger partial charge in [0.15, 0.2) is 0 Å². The van der Waals surface area contributed by atoms with Crippen LogP contribution in [0.5, 0.6) is 0 Å². The van der Waals surface area contributed by atoms with Crippen molar-refractivity contribution in [3.05, 3.63) is 35.4 Å². The largest absolute Gasteiger partial charge is 0.390 e.